The highest BCUT2D eigenvalue weighted by Gasteiger charge is 2.25. The third kappa shape index (κ3) is 3.92. The van der Waals surface area contributed by atoms with Crippen molar-refractivity contribution in [3.63, 3.8) is 0 Å². The predicted octanol–water partition coefficient (Wildman–Crippen LogP) is 5.34. The zero-order valence-electron chi connectivity index (χ0n) is 17.4. The van der Waals surface area contributed by atoms with Gasteiger partial charge in [0.15, 0.2) is 5.16 Å². The van der Waals surface area contributed by atoms with Crippen LogP contribution in [-0.2, 0) is 17.6 Å². The minimum Gasteiger partial charge on any atom is -0.298 e. The number of Topliss-reactive ketones (excluding diaryl/α,β-unsaturated/α-hetero) is 1. The lowest BCUT2D eigenvalue weighted by Crippen LogP contribution is -2.25. The SMILES string of the molecule is Cc1ccc(-n2c(SCC(=O)C(C)(C)C)nc3sc4c(c3c2=O)CCCC4)cc1. The first-order valence-corrected chi connectivity index (χ1v) is 11.9. The van der Waals surface area contributed by atoms with Crippen LogP contribution in [0.5, 0.6) is 0 Å². The fourth-order valence-electron chi connectivity index (χ4n) is 3.55. The maximum Gasteiger partial charge on any atom is 0.267 e. The molecule has 4 rings (SSSR count). The Morgan fingerprint density at radius 2 is 1.86 bits per heavy atom. The highest BCUT2D eigenvalue weighted by Crippen LogP contribution is 2.35. The van der Waals surface area contributed by atoms with Crippen molar-refractivity contribution < 1.29 is 4.79 Å². The minimum absolute atomic E-state index is 0.0102. The topological polar surface area (TPSA) is 52.0 Å². The van der Waals surface area contributed by atoms with Gasteiger partial charge in [-0.3, -0.25) is 14.2 Å². The first-order valence-electron chi connectivity index (χ1n) is 10.1. The van der Waals surface area contributed by atoms with Gasteiger partial charge in [-0.05, 0) is 50.3 Å². The van der Waals surface area contributed by atoms with Crippen LogP contribution in [0.15, 0.2) is 34.2 Å². The van der Waals surface area contributed by atoms with Crippen LogP contribution < -0.4 is 5.56 Å². The van der Waals surface area contributed by atoms with Crippen molar-refractivity contribution in [1.29, 1.82) is 0 Å². The zero-order chi connectivity index (χ0) is 20.8. The second-order valence-electron chi connectivity index (χ2n) is 8.72. The summed E-state index contributed by atoms with van der Waals surface area (Å²) in [7, 11) is 0. The molecule has 1 aliphatic carbocycles. The molecule has 0 aliphatic heterocycles. The molecule has 2 heterocycles. The van der Waals surface area contributed by atoms with Crippen LogP contribution in [-0.4, -0.2) is 21.1 Å². The van der Waals surface area contributed by atoms with Crippen molar-refractivity contribution >= 4 is 39.1 Å². The van der Waals surface area contributed by atoms with Gasteiger partial charge in [0.05, 0.1) is 16.8 Å². The number of hydrogen-bond donors (Lipinski definition) is 0. The number of carbonyl (C=O) groups is 1. The van der Waals surface area contributed by atoms with Crippen molar-refractivity contribution in [1.82, 2.24) is 9.55 Å². The third-order valence-electron chi connectivity index (χ3n) is 5.42. The molecule has 0 unspecified atom stereocenters. The normalized spacial score (nSPS) is 14.2. The summed E-state index contributed by atoms with van der Waals surface area (Å²) in [4.78, 5) is 33.2. The zero-order valence-corrected chi connectivity index (χ0v) is 19.0. The van der Waals surface area contributed by atoms with Crippen LogP contribution in [0.4, 0.5) is 0 Å². The lowest BCUT2D eigenvalue weighted by molar-refractivity contribution is -0.123. The molecular weight excluding hydrogens is 400 g/mol. The summed E-state index contributed by atoms with van der Waals surface area (Å²) < 4.78 is 1.70. The number of carbonyl (C=O) groups excluding carboxylic acids is 1. The first-order chi connectivity index (χ1) is 13.8. The lowest BCUT2D eigenvalue weighted by atomic mass is 9.92. The number of rotatable bonds is 4. The Morgan fingerprint density at radius 1 is 1.17 bits per heavy atom. The van der Waals surface area contributed by atoms with Crippen molar-refractivity contribution in [2.24, 2.45) is 5.41 Å². The van der Waals surface area contributed by atoms with Gasteiger partial charge in [0.2, 0.25) is 0 Å². The maximum atomic E-state index is 13.6. The molecule has 152 valence electrons. The second-order valence-corrected chi connectivity index (χ2v) is 10.7. The molecular formula is C23H26N2O2S2. The summed E-state index contributed by atoms with van der Waals surface area (Å²) in [5.74, 6) is 0.455. The van der Waals surface area contributed by atoms with Gasteiger partial charge in [-0.2, -0.15) is 0 Å². The summed E-state index contributed by atoms with van der Waals surface area (Å²) in [6.07, 6.45) is 4.29. The summed E-state index contributed by atoms with van der Waals surface area (Å²) >= 11 is 3.02. The molecule has 0 atom stereocenters. The van der Waals surface area contributed by atoms with Crippen molar-refractivity contribution in [3.8, 4) is 5.69 Å². The van der Waals surface area contributed by atoms with Crippen LogP contribution in [0.2, 0.25) is 0 Å². The molecule has 6 heteroatoms. The highest BCUT2D eigenvalue weighted by molar-refractivity contribution is 7.99. The van der Waals surface area contributed by atoms with Crippen LogP contribution in [0.25, 0.3) is 15.9 Å². The molecule has 0 spiro atoms. The Kier molecular flexibility index (Phi) is 5.42. The molecule has 1 aliphatic rings. The van der Waals surface area contributed by atoms with Crippen molar-refractivity contribution in [2.45, 2.75) is 58.5 Å². The second kappa shape index (κ2) is 7.73. The van der Waals surface area contributed by atoms with Crippen molar-refractivity contribution in [3.05, 3.63) is 50.6 Å². The van der Waals surface area contributed by atoms with E-state index >= 15 is 0 Å². The van der Waals surface area contributed by atoms with E-state index in [2.05, 4.69) is 0 Å². The number of ketones is 1. The van der Waals surface area contributed by atoms with Crippen molar-refractivity contribution in [2.75, 3.05) is 5.75 Å². The fraction of sp³-hybridized carbons (Fsp3) is 0.435. The molecule has 0 N–H and O–H groups in total. The molecule has 2 aromatic heterocycles. The number of thioether (sulfide) groups is 1. The largest absolute Gasteiger partial charge is 0.298 e. The smallest absolute Gasteiger partial charge is 0.267 e. The van der Waals surface area contributed by atoms with Gasteiger partial charge in [0, 0.05) is 10.3 Å². The van der Waals surface area contributed by atoms with E-state index in [1.54, 1.807) is 15.9 Å². The minimum atomic E-state index is -0.409. The van der Waals surface area contributed by atoms with E-state index in [0.29, 0.717) is 10.9 Å². The van der Waals surface area contributed by atoms with Gasteiger partial charge in [-0.15, -0.1) is 11.3 Å². The number of fused-ring (bicyclic) bond motifs is 3. The predicted molar refractivity (Wildman–Crippen MR) is 122 cm³/mol. The molecule has 3 aromatic rings. The highest BCUT2D eigenvalue weighted by atomic mass is 32.2. The van der Waals surface area contributed by atoms with Gasteiger partial charge < -0.3 is 0 Å². The van der Waals surface area contributed by atoms with E-state index in [1.165, 1.54) is 28.6 Å². The molecule has 0 bridgehead atoms. The Labute approximate surface area is 179 Å². The molecule has 0 saturated heterocycles. The molecule has 29 heavy (non-hydrogen) atoms. The Hall–Kier alpha value is -1.92. The number of nitrogens with zero attached hydrogens (tertiary/aromatic N) is 2. The van der Waals surface area contributed by atoms with Gasteiger partial charge in [0.25, 0.3) is 5.56 Å². The number of aryl methyl sites for hydroxylation is 3. The fourth-order valence-corrected chi connectivity index (χ4v) is 6.03. The van der Waals surface area contributed by atoms with E-state index in [1.807, 2.05) is 52.0 Å². The molecule has 0 fully saturated rings. The van der Waals surface area contributed by atoms with Crippen LogP contribution in [0, 0.1) is 12.3 Å². The number of aromatic nitrogens is 2. The number of thiophene rings is 1. The first kappa shape index (κ1) is 20.4. The maximum absolute atomic E-state index is 13.6. The molecule has 0 saturated carbocycles. The molecule has 0 amide bonds. The van der Waals surface area contributed by atoms with Crippen LogP contribution in [0.1, 0.15) is 49.6 Å². The average Bonchev–Trinajstić information content (AvgIpc) is 3.05. The van der Waals surface area contributed by atoms with E-state index in [-0.39, 0.29) is 11.3 Å². The average molecular weight is 427 g/mol. The van der Waals surface area contributed by atoms with E-state index < -0.39 is 5.41 Å². The summed E-state index contributed by atoms with van der Waals surface area (Å²) in [5, 5.41) is 1.37. The van der Waals surface area contributed by atoms with E-state index in [4.69, 9.17) is 4.98 Å². The Balaban J connectivity index is 1.88. The summed E-state index contributed by atoms with van der Waals surface area (Å²) in [5.41, 5.74) is 2.71. The Morgan fingerprint density at radius 3 is 2.55 bits per heavy atom. The standard InChI is InChI=1S/C23H26N2O2S2/c1-14-9-11-15(12-10-14)25-21(27)19-16-7-5-6-8-17(16)29-20(19)24-22(25)28-13-18(26)23(2,3)4/h9-12H,5-8,13H2,1-4H3. The molecule has 1 aromatic carbocycles. The van der Waals surface area contributed by atoms with Crippen LogP contribution in [0.3, 0.4) is 0 Å². The number of hydrogen-bond acceptors (Lipinski definition) is 5. The van der Waals surface area contributed by atoms with Crippen LogP contribution >= 0.6 is 23.1 Å². The Bertz CT molecular complexity index is 1130. The quantitative estimate of drug-likeness (QED) is 0.417. The van der Waals surface area contributed by atoms with E-state index in [9.17, 15) is 9.59 Å². The van der Waals surface area contributed by atoms with Gasteiger partial charge >= 0.3 is 0 Å². The van der Waals surface area contributed by atoms with Gasteiger partial charge in [-0.25, -0.2) is 4.98 Å². The number of benzene rings is 1. The molecule has 0 radical (unpaired) electrons. The summed E-state index contributed by atoms with van der Waals surface area (Å²) in [6.45, 7) is 7.80. The van der Waals surface area contributed by atoms with Gasteiger partial charge in [0.1, 0.15) is 10.6 Å². The van der Waals surface area contributed by atoms with Gasteiger partial charge in [-0.1, -0.05) is 50.2 Å². The third-order valence-corrected chi connectivity index (χ3v) is 7.54. The van der Waals surface area contributed by atoms with E-state index in [0.717, 1.165) is 40.7 Å². The molecule has 4 nitrogen and oxygen atoms in total. The lowest BCUT2D eigenvalue weighted by Gasteiger charge is -2.17. The summed E-state index contributed by atoms with van der Waals surface area (Å²) in [6, 6.07) is 7.92. The monoisotopic (exact) mass is 426 g/mol.